The van der Waals surface area contributed by atoms with Gasteiger partial charge in [-0.1, -0.05) is 0 Å². The highest BCUT2D eigenvalue weighted by Crippen LogP contribution is 2.31. The van der Waals surface area contributed by atoms with Crippen molar-refractivity contribution in [2.24, 2.45) is 0 Å². The molecule has 0 bridgehead atoms. The minimum atomic E-state index is -4.39. The first kappa shape index (κ1) is 9.82. The van der Waals surface area contributed by atoms with E-state index in [1.54, 1.807) is 6.92 Å². The third-order valence-electron chi connectivity index (χ3n) is 2.03. The number of anilines is 1. The Hall–Kier alpha value is -1.72. The first-order valence-corrected chi connectivity index (χ1v) is 4.20. The van der Waals surface area contributed by atoms with Gasteiger partial charge in [-0.2, -0.15) is 13.2 Å². The molecular formula is C9H8F3N3. The molecule has 2 rings (SSSR count). The zero-order chi connectivity index (χ0) is 11.2. The quantitative estimate of drug-likeness (QED) is 0.732. The van der Waals surface area contributed by atoms with Gasteiger partial charge in [0.05, 0.1) is 16.9 Å². The second kappa shape index (κ2) is 2.88. The highest BCUT2D eigenvalue weighted by molar-refractivity contribution is 5.66. The van der Waals surface area contributed by atoms with Gasteiger partial charge >= 0.3 is 6.18 Å². The maximum Gasteiger partial charge on any atom is 0.417 e. The summed E-state index contributed by atoms with van der Waals surface area (Å²) in [5, 5.41) is 0. The van der Waals surface area contributed by atoms with E-state index in [1.165, 1.54) is 10.6 Å². The summed E-state index contributed by atoms with van der Waals surface area (Å²) in [6.45, 7) is 1.69. The number of rotatable bonds is 0. The highest BCUT2D eigenvalue weighted by atomic mass is 19.4. The largest absolute Gasteiger partial charge is 0.417 e. The number of fused-ring (bicyclic) bond motifs is 1. The van der Waals surface area contributed by atoms with Crippen molar-refractivity contribution in [2.75, 3.05) is 5.73 Å². The van der Waals surface area contributed by atoms with Gasteiger partial charge in [0.25, 0.3) is 0 Å². The number of pyridine rings is 1. The van der Waals surface area contributed by atoms with E-state index in [0.29, 0.717) is 11.3 Å². The molecule has 0 saturated heterocycles. The van der Waals surface area contributed by atoms with Gasteiger partial charge in [0.15, 0.2) is 5.65 Å². The Labute approximate surface area is 83.3 Å². The zero-order valence-electron chi connectivity index (χ0n) is 7.84. The van der Waals surface area contributed by atoms with E-state index >= 15 is 0 Å². The molecule has 3 nitrogen and oxygen atoms in total. The highest BCUT2D eigenvalue weighted by Gasteiger charge is 2.31. The van der Waals surface area contributed by atoms with E-state index in [1.807, 2.05) is 0 Å². The summed E-state index contributed by atoms with van der Waals surface area (Å²) in [6, 6.07) is 0.891. The molecule has 6 heteroatoms. The van der Waals surface area contributed by atoms with Crippen molar-refractivity contribution in [1.29, 1.82) is 0 Å². The number of aromatic nitrogens is 2. The van der Waals surface area contributed by atoms with Gasteiger partial charge in [-0.15, -0.1) is 0 Å². The first-order chi connectivity index (χ1) is 6.88. The molecule has 2 N–H and O–H groups in total. The Kier molecular flexibility index (Phi) is 1.89. The Morgan fingerprint density at radius 1 is 1.33 bits per heavy atom. The number of nitrogen functional groups attached to an aromatic ring is 1. The van der Waals surface area contributed by atoms with Crippen LogP contribution in [0.3, 0.4) is 0 Å². The monoisotopic (exact) mass is 215 g/mol. The molecule has 0 aliphatic rings. The van der Waals surface area contributed by atoms with Crippen LogP contribution in [-0.4, -0.2) is 9.38 Å². The molecule has 2 aromatic heterocycles. The molecular weight excluding hydrogens is 207 g/mol. The number of imidazole rings is 1. The van der Waals surface area contributed by atoms with Crippen molar-refractivity contribution >= 4 is 11.3 Å². The molecule has 0 radical (unpaired) electrons. The lowest BCUT2D eigenvalue weighted by molar-refractivity contribution is -0.137. The van der Waals surface area contributed by atoms with Crippen LogP contribution in [0.4, 0.5) is 18.9 Å². The standard InChI is InChI=1S/C9H8F3N3/c1-5-3-15-4-6(9(10,11)12)2-7(13)8(15)14-5/h2-4H,13H2,1H3. The van der Waals surface area contributed by atoms with Crippen molar-refractivity contribution in [3.63, 3.8) is 0 Å². The van der Waals surface area contributed by atoms with Crippen LogP contribution in [-0.2, 0) is 6.18 Å². The maximum atomic E-state index is 12.4. The molecule has 0 saturated carbocycles. The summed E-state index contributed by atoms with van der Waals surface area (Å²) in [5.41, 5.74) is 5.71. The van der Waals surface area contributed by atoms with Crippen LogP contribution >= 0.6 is 0 Å². The van der Waals surface area contributed by atoms with Crippen molar-refractivity contribution < 1.29 is 13.2 Å². The molecule has 0 aliphatic carbocycles. The van der Waals surface area contributed by atoms with Gasteiger partial charge in [0.1, 0.15) is 0 Å². The molecule has 2 aromatic rings. The summed E-state index contributed by atoms with van der Waals surface area (Å²) in [5.74, 6) is 0. The summed E-state index contributed by atoms with van der Waals surface area (Å²) < 4.78 is 38.5. The number of hydrogen-bond acceptors (Lipinski definition) is 2. The average molecular weight is 215 g/mol. The average Bonchev–Trinajstić information content (AvgIpc) is 2.44. The minimum Gasteiger partial charge on any atom is -0.396 e. The number of alkyl halides is 3. The summed E-state index contributed by atoms with van der Waals surface area (Å²) in [4.78, 5) is 4.01. The van der Waals surface area contributed by atoms with Crippen LogP contribution in [0.25, 0.3) is 5.65 Å². The van der Waals surface area contributed by atoms with Crippen LogP contribution in [0.15, 0.2) is 18.5 Å². The predicted molar refractivity (Wildman–Crippen MR) is 49.3 cm³/mol. The van der Waals surface area contributed by atoms with Crippen molar-refractivity contribution in [1.82, 2.24) is 9.38 Å². The molecule has 80 valence electrons. The van der Waals surface area contributed by atoms with E-state index < -0.39 is 11.7 Å². The van der Waals surface area contributed by atoms with Crippen LogP contribution in [0, 0.1) is 6.92 Å². The van der Waals surface area contributed by atoms with Crippen molar-refractivity contribution in [2.45, 2.75) is 13.1 Å². The summed E-state index contributed by atoms with van der Waals surface area (Å²) in [6.07, 6.45) is -1.91. The summed E-state index contributed by atoms with van der Waals surface area (Å²) in [7, 11) is 0. The van der Waals surface area contributed by atoms with E-state index in [4.69, 9.17) is 5.73 Å². The van der Waals surface area contributed by atoms with Crippen LogP contribution in [0.1, 0.15) is 11.3 Å². The van der Waals surface area contributed by atoms with Gasteiger partial charge < -0.3 is 10.1 Å². The van der Waals surface area contributed by atoms with E-state index in [0.717, 1.165) is 12.3 Å². The van der Waals surface area contributed by atoms with Gasteiger partial charge in [0.2, 0.25) is 0 Å². The third kappa shape index (κ3) is 1.62. The fourth-order valence-corrected chi connectivity index (χ4v) is 1.40. The minimum absolute atomic E-state index is 0.0259. The van der Waals surface area contributed by atoms with Gasteiger partial charge in [0, 0.05) is 12.4 Å². The molecule has 15 heavy (non-hydrogen) atoms. The van der Waals surface area contributed by atoms with E-state index in [9.17, 15) is 13.2 Å². The molecule has 0 fully saturated rings. The molecule has 0 unspecified atom stereocenters. The molecule has 0 amide bonds. The molecule has 2 heterocycles. The molecule has 0 spiro atoms. The number of nitrogens with zero attached hydrogens (tertiary/aromatic N) is 2. The summed E-state index contributed by atoms with van der Waals surface area (Å²) >= 11 is 0. The van der Waals surface area contributed by atoms with Crippen molar-refractivity contribution in [3.05, 3.63) is 29.7 Å². The molecule has 0 aromatic carbocycles. The number of nitrogens with two attached hydrogens (primary N) is 1. The number of hydrogen-bond donors (Lipinski definition) is 1. The van der Waals surface area contributed by atoms with Gasteiger partial charge in [-0.05, 0) is 13.0 Å². The Bertz CT molecular complexity index is 513. The maximum absolute atomic E-state index is 12.4. The van der Waals surface area contributed by atoms with E-state index in [2.05, 4.69) is 4.98 Å². The second-order valence-electron chi connectivity index (χ2n) is 3.30. The predicted octanol–water partition coefficient (Wildman–Crippen LogP) is 2.24. The number of halogens is 3. The second-order valence-corrected chi connectivity index (χ2v) is 3.30. The number of aryl methyl sites for hydroxylation is 1. The van der Waals surface area contributed by atoms with Crippen molar-refractivity contribution in [3.8, 4) is 0 Å². The smallest absolute Gasteiger partial charge is 0.396 e. The van der Waals surface area contributed by atoms with Crippen LogP contribution < -0.4 is 5.73 Å². The fourth-order valence-electron chi connectivity index (χ4n) is 1.40. The van der Waals surface area contributed by atoms with Crippen LogP contribution in [0.2, 0.25) is 0 Å². The Morgan fingerprint density at radius 3 is 2.60 bits per heavy atom. The van der Waals surface area contributed by atoms with E-state index in [-0.39, 0.29) is 5.69 Å². The normalized spacial score (nSPS) is 12.3. The lowest BCUT2D eigenvalue weighted by Crippen LogP contribution is -2.07. The SMILES string of the molecule is Cc1cn2cc(C(F)(F)F)cc(N)c2n1. The van der Waals surface area contributed by atoms with Gasteiger partial charge in [-0.3, -0.25) is 0 Å². The molecule has 0 aliphatic heterocycles. The Morgan fingerprint density at radius 2 is 2.00 bits per heavy atom. The van der Waals surface area contributed by atoms with Gasteiger partial charge in [-0.25, -0.2) is 4.98 Å². The first-order valence-electron chi connectivity index (χ1n) is 4.20. The fraction of sp³-hybridized carbons (Fsp3) is 0.222. The molecule has 0 atom stereocenters. The lowest BCUT2D eigenvalue weighted by Gasteiger charge is -2.08. The zero-order valence-corrected chi connectivity index (χ0v) is 7.84. The topological polar surface area (TPSA) is 43.3 Å². The third-order valence-corrected chi connectivity index (χ3v) is 2.03. The lowest BCUT2D eigenvalue weighted by atomic mass is 10.2. The van der Waals surface area contributed by atoms with Crippen LogP contribution in [0.5, 0.6) is 0 Å². The Balaban J connectivity index is 2.72.